The van der Waals surface area contributed by atoms with Crippen LogP contribution in [0.2, 0.25) is 0 Å². The van der Waals surface area contributed by atoms with Gasteiger partial charge in [0.15, 0.2) is 29.4 Å². The van der Waals surface area contributed by atoms with E-state index in [0.717, 1.165) is 22.4 Å². The van der Waals surface area contributed by atoms with Crippen molar-refractivity contribution in [3.63, 3.8) is 0 Å². The van der Waals surface area contributed by atoms with Crippen molar-refractivity contribution < 1.29 is 56.8 Å². The summed E-state index contributed by atoms with van der Waals surface area (Å²) in [6.45, 7) is 5.76. The van der Waals surface area contributed by atoms with Crippen molar-refractivity contribution in [2.24, 2.45) is 28.4 Å². The van der Waals surface area contributed by atoms with Crippen LogP contribution in [0.15, 0.2) is 109 Å². The molecule has 1 aliphatic heterocycles. The molecule has 12 nitrogen and oxygen atoms in total. The number of hydrogen-bond acceptors (Lipinski definition) is 12. The van der Waals surface area contributed by atoms with E-state index in [2.05, 4.69) is 4.98 Å². The lowest BCUT2D eigenvalue weighted by Gasteiger charge is -2.63. The third-order valence-corrected chi connectivity index (χ3v) is 15.2. The number of ketones is 3. The van der Waals surface area contributed by atoms with Gasteiger partial charge in [0.25, 0.3) is 0 Å². The fourth-order valence-corrected chi connectivity index (χ4v) is 12.0. The molecule has 2 heterocycles. The second-order valence-electron chi connectivity index (χ2n) is 19.3. The predicted octanol–water partition coefficient (Wildman–Crippen LogP) is 6.99. The van der Waals surface area contributed by atoms with E-state index in [0.29, 0.717) is 11.1 Å². The quantitative estimate of drug-likeness (QED) is 0.139. The molecule has 0 amide bonds. The van der Waals surface area contributed by atoms with Crippen LogP contribution in [0.5, 0.6) is 0 Å². The molecule has 9 rings (SSSR count). The van der Waals surface area contributed by atoms with Crippen molar-refractivity contribution in [1.82, 2.24) is 4.98 Å². The third-order valence-electron chi connectivity index (χ3n) is 15.2. The van der Waals surface area contributed by atoms with Crippen molar-refractivity contribution in [2.45, 2.75) is 101 Å². The average Bonchev–Trinajstić information content (AvgIpc) is 3.71. The first-order chi connectivity index (χ1) is 31.3. The summed E-state index contributed by atoms with van der Waals surface area (Å²) in [5.41, 5.74) is 1.46. The van der Waals surface area contributed by atoms with Crippen LogP contribution in [0.4, 0.5) is 8.78 Å². The number of benzene rings is 3. The maximum absolute atomic E-state index is 17.8. The molecule has 1 saturated heterocycles. The van der Waals surface area contributed by atoms with Crippen molar-refractivity contribution in [3.8, 4) is 0 Å². The van der Waals surface area contributed by atoms with Gasteiger partial charge in [-0.3, -0.25) is 19.4 Å². The van der Waals surface area contributed by atoms with E-state index in [9.17, 15) is 29.1 Å². The number of halogens is 2. The molecule has 4 aliphatic carbocycles. The van der Waals surface area contributed by atoms with Crippen LogP contribution in [0.1, 0.15) is 90.3 Å². The zero-order valence-corrected chi connectivity index (χ0v) is 37.1. The number of nitrogens with zero attached hydrogens (tertiary/aromatic N) is 1. The van der Waals surface area contributed by atoms with Gasteiger partial charge in [-0.2, -0.15) is 0 Å². The van der Waals surface area contributed by atoms with E-state index in [1.807, 2.05) is 30.3 Å². The number of aliphatic hydroxyl groups excluding tert-OH is 1. The number of hydrogen-bond donors (Lipinski definition) is 2. The lowest BCUT2D eigenvalue weighted by Crippen LogP contribution is -2.71. The molecular weight excluding hydrogens is 851 g/mol. The number of pyridine rings is 1. The van der Waals surface area contributed by atoms with E-state index in [4.69, 9.17) is 24.7 Å². The van der Waals surface area contributed by atoms with Gasteiger partial charge in [0.1, 0.15) is 18.6 Å². The van der Waals surface area contributed by atoms with Crippen molar-refractivity contribution in [1.29, 1.82) is 0 Å². The van der Waals surface area contributed by atoms with Gasteiger partial charge >= 0.3 is 11.9 Å². The third kappa shape index (κ3) is 7.24. The summed E-state index contributed by atoms with van der Waals surface area (Å²) >= 11 is 0. The van der Waals surface area contributed by atoms with Gasteiger partial charge in [-0.05, 0) is 116 Å². The first-order valence-electron chi connectivity index (χ1n) is 22.3. The normalized spacial score (nSPS) is 32.0. The Bertz CT molecular complexity index is 2720. The highest BCUT2D eigenvalue weighted by Gasteiger charge is 2.80. The van der Waals surface area contributed by atoms with Gasteiger partial charge in [0.2, 0.25) is 5.78 Å². The number of aliphatic hydroxyl groups is 1. The summed E-state index contributed by atoms with van der Waals surface area (Å²) in [7, 11) is 0. The molecule has 5 aliphatic rings. The molecule has 4 aromatic rings. The summed E-state index contributed by atoms with van der Waals surface area (Å²) in [6, 6.07) is 20.4. The first-order valence-corrected chi connectivity index (χ1v) is 22.3. The highest BCUT2D eigenvalue weighted by atomic mass is 19.1. The number of allylic oxidation sites excluding steroid dienone is 4. The van der Waals surface area contributed by atoms with Gasteiger partial charge in [0.05, 0.1) is 29.3 Å². The molecular formula is C52H52F2N2O10. The summed E-state index contributed by atoms with van der Waals surface area (Å²) in [5, 5.41) is 13.8. The van der Waals surface area contributed by atoms with Crippen LogP contribution in [0.25, 0.3) is 10.8 Å². The zero-order valence-electron chi connectivity index (χ0n) is 37.1. The van der Waals surface area contributed by atoms with Crippen molar-refractivity contribution >= 4 is 40.1 Å². The number of aromatic nitrogens is 1. The Hall–Kier alpha value is -5.80. The largest absolute Gasteiger partial charge is 0.457 e. The fourth-order valence-electron chi connectivity index (χ4n) is 12.0. The van der Waals surface area contributed by atoms with Crippen LogP contribution >= 0.6 is 0 Å². The number of rotatable bonds is 12. The van der Waals surface area contributed by atoms with E-state index in [-0.39, 0.29) is 61.3 Å². The maximum Gasteiger partial charge on any atom is 0.338 e. The second-order valence-corrected chi connectivity index (χ2v) is 19.3. The molecule has 3 saturated carbocycles. The summed E-state index contributed by atoms with van der Waals surface area (Å²) in [4.78, 5) is 70.9. The van der Waals surface area contributed by atoms with E-state index in [1.54, 1.807) is 51.4 Å². The second kappa shape index (κ2) is 16.5. The molecule has 3 aromatic carbocycles. The van der Waals surface area contributed by atoms with Crippen LogP contribution < -0.4 is 5.73 Å². The SMILES string of the molecule is CC1(C)O[C@@H]2C[C@H]3[C@@H]4C[C@H](F)C5=CC(=O)C=C[C@]5(C)[C@@]4(F)[C@@H](O)C[C@]3(C)[C@]2(C(=O)COC(=O)c2ccc(C(=O)OCc3cccc([C@@H](CN)C(=O)Cc4ccc5cnccc5c4)c3)cc2)O1. The van der Waals surface area contributed by atoms with E-state index in [1.165, 1.54) is 43.3 Å². The van der Waals surface area contributed by atoms with Gasteiger partial charge in [-0.1, -0.05) is 55.5 Å². The number of nitrogens with two attached hydrogens (primary N) is 1. The summed E-state index contributed by atoms with van der Waals surface area (Å²) in [6.07, 6.45) is 2.64. The Morgan fingerprint density at radius 2 is 1.64 bits per heavy atom. The van der Waals surface area contributed by atoms with Crippen LogP contribution in [-0.4, -0.2) is 88.0 Å². The van der Waals surface area contributed by atoms with Gasteiger partial charge in [-0.25, -0.2) is 18.4 Å². The minimum absolute atomic E-state index is 0.00796. The molecule has 1 aromatic heterocycles. The molecule has 66 heavy (non-hydrogen) atoms. The monoisotopic (exact) mass is 902 g/mol. The number of alkyl halides is 2. The number of ether oxygens (including phenoxy) is 4. The standard InChI is InChI=1S/C52H52F2N2O10/c1-48(2)65-45-23-38-39-22-41(53)40-21-36(57)14-16-49(40,3)51(39,54)43(59)24-50(38,4)52(45,66-48)44(60)28-64-47(62)32-12-10-31(11-13-32)46(61)63-27-30-6-5-7-34(19-30)37(25-55)42(58)20-29-8-9-35-26-56-17-15-33(35)18-29/h5-19,21,26,37-39,41,43,45,59H,20,22-25,27-28,55H2,1-4H3/t37-,38+,39+,41+,43+,45-,49+,50+,51+,52-/m1/s1. The Kier molecular flexibility index (Phi) is 11.3. The molecule has 4 fully saturated rings. The molecule has 0 unspecified atom stereocenters. The fraction of sp³-hybridized carbons (Fsp3) is 0.423. The lowest BCUT2D eigenvalue weighted by molar-refractivity contribution is -0.248. The highest BCUT2D eigenvalue weighted by Crippen LogP contribution is 2.72. The minimum atomic E-state index is -2.37. The highest BCUT2D eigenvalue weighted by molar-refractivity contribution is 6.01. The molecule has 0 spiro atoms. The summed E-state index contributed by atoms with van der Waals surface area (Å²) in [5.74, 6) is -6.28. The summed E-state index contributed by atoms with van der Waals surface area (Å²) < 4.78 is 57.8. The van der Waals surface area contributed by atoms with Crippen molar-refractivity contribution in [3.05, 3.63) is 137 Å². The average molecular weight is 903 g/mol. The van der Waals surface area contributed by atoms with E-state index >= 15 is 8.78 Å². The molecule has 3 N–H and O–H groups in total. The molecule has 0 radical (unpaired) electrons. The lowest BCUT2D eigenvalue weighted by atomic mass is 9.44. The Balaban J connectivity index is 0.840. The minimum Gasteiger partial charge on any atom is -0.457 e. The smallest absolute Gasteiger partial charge is 0.338 e. The number of fused-ring (bicyclic) bond motifs is 8. The van der Waals surface area contributed by atoms with E-state index < -0.39 is 94.1 Å². The number of carbonyl (C=O) groups excluding carboxylic acids is 5. The Morgan fingerprint density at radius 3 is 2.36 bits per heavy atom. The number of esters is 2. The zero-order chi connectivity index (χ0) is 47.0. The predicted molar refractivity (Wildman–Crippen MR) is 236 cm³/mol. The van der Waals surface area contributed by atoms with Crippen molar-refractivity contribution in [2.75, 3.05) is 13.2 Å². The first kappa shape index (κ1) is 45.4. The van der Waals surface area contributed by atoms with Gasteiger partial charge < -0.3 is 29.8 Å². The Morgan fingerprint density at radius 1 is 0.909 bits per heavy atom. The van der Waals surface area contributed by atoms with Crippen LogP contribution in [0, 0.1) is 22.7 Å². The van der Waals surface area contributed by atoms with Crippen LogP contribution in [0.3, 0.4) is 0 Å². The van der Waals surface area contributed by atoms with Crippen LogP contribution in [-0.2, 0) is 46.4 Å². The molecule has 10 atom stereocenters. The molecule has 344 valence electrons. The number of Topliss-reactive ketones (excluding diaryl/α,β-unsaturated/α-hetero) is 2. The molecule has 14 heteroatoms. The molecule has 0 bridgehead atoms. The Labute approximate surface area is 380 Å². The van der Waals surface area contributed by atoms with Gasteiger partial charge in [-0.15, -0.1) is 0 Å². The van der Waals surface area contributed by atoms with Gasteiger partial charge in [0, 0.05) is 47.5 Å². The number of carbonyl (C=O) groups is 5. The topological polar surface area (TPSA) is 181 Å². The maximum atomic E-state index is 17.8.